The summed E-state index contributed by atoms with van der Waals surface area (Å²) < 4.78 is 26.3. The van der Waals surface area contributed by atoms with Gasteiger partial charge in [0.2, 0.25) is 10.0 Å². The zero-order chi connectivity index (χ0) is 12.2. The van der Waals surface area contributed by atoms with Gasteiger partial charge in [0.25, 0.3) is 0 Å². The summed E-state index contributed by atoms with van der Waals surface area (Å²) in [4.78, 5) is 2.01. The van der Waals surface area contributed by atoms with E-state index in [1.807, 2.05) is 19.0 Å². The van der Waals surface area contributed by atoms with Gasteiger partial charge in [0.15, 0.2) is 0 Å². The SMILES string of the molecule is CN(C)CCCNS(=O)(=O)c1cc(N)cs1. The summed E-state index contributed by atoms with van der Waals surface area (Å²) in [5.41, 5.74) is 5.97. The predicted octanol–water partition coefficient (Wildman–Crippen LogP) is 0.560. The number of sulfonamides is 1. The van der Waals surface area contributed by atoms with E-state index in [1.54, 1.807) is 5.38 Å². The molecule has 16 heavy (non-hydrogen) atoms. The topological polar surface area (TPSA) is 75.4 Å². The van der Waals surface area contributed by atoms with Gasteiger partial charge in [-0.1, -0.05) is 0 Å². The number of anilines is 1. The largest absolute Gasteiger partial charge is 0.398 e. The van der Waals surface area contributed by atoms with E-state index in [-0.39, 0.29) is 4.21 Å². The fraction of sp³-hybridized carbons (Fsp3) is 0.556. The minimum absolute atomic E-state index is 0.273. The number of hydrogen-bond donors (Lipinski definition) is 2. The number of nitrogens with zero attached hydrogens (tertiary/aromatic N) is 1. The highest BCUT2D eigenvalue weighted by Gasteiger charge is 2.15. The summed E-state index contributed by atoms with van der Waals surface area (Å²) in [6.45, 7) is 1.30. The van der Waals surface area contributed by atoms with Crippen LogP contribution in [0.2, 0.25) is 0 Å². The third kappa shape index (κ3) is 4.09. The maximum Gasteiger partial charge on any atom is 0.250 e. The van der Waals surface area contributed by atoms with Crippen molar-refractivity contribution < 1.29 is 8.42 Å². The van der Waals surface area contributed by atoms with E-state index in [4.69, 9.17) is 5.73 Å². The van der Waals surface area contributed by atoms with Crippen molar-refractivity contribution in [1.82, 2.24) is 9.62 Å². The van der Waals surface area contributed by atoms with E-state index in [9.17, 15) is 8.42 Å². The van der Waals surface area contributed by atoms with Crippen LogP contribution in [0.15, 0.2) is 15.7 Å². The first-order valence-corrected chi connectivity index (χ1v) is 7.26. The first-order chi connectivity index (χ1) is 7.42. The average Bonchev–Trinajstić information content (AvgIpc) is 2.60. The summed E-state index contributed by atoms with van der Waals surface area (Å²) in [6, 6.07) is 1.47. The molecule has 7 heteroatoms. The van der Waals surface area contributed by atoms with Crippen LogP contribution in [0, 0.1) is 0 Å². The van der Waals surface area contributed by atoms with Crippen LogP contribution in [0.5, 0.6) is 0 Å². The monoisotopic (exact) mass is 263 g/mol. The van der Waals surface area contributed by atoms with Gasteiger partial charge in [-0.25, -0.2) is 13.1 Å². The van der Waals surface area contributed by atoms with Crippen LogP contribution in [0.1, 0.15) is 6.42 Å². The van der Waals surface area contributed by atoms with E-state index in [0.29, 0.717) is 12.2 Å². The van der Waals surface area contributed by atoms with Crippen LogP contribution in [0.4, 0.5) is 5.69 Å². The Balaban J connectivity index is 2.47. The van der Waals surface area contributed by atoms with Gasteiger partial charge in [0, 0.05) is 17.6 Å². The first kappa shape index (κ1) is 13.4. The van der Waals surface area contributed by atoms with Gasteiger partial charge < -0.3 is 10.6 Å². The Morgan fingerprint density at radius 2 is 2.19 bits per heavy atom. The van der Waals surface area contributed by atoms with Gasteiger partial charge in [-0.2, -0.15) is 0 Å². The van der Waals surface area contributed by atoms with Crippen molar-refractivity contribution in [3.05, 3.63) is 11.4 Å². The standard InChI is InChI=1S/C9H17N3O2S2/c1-12(2)5-3-4-11-16(13,14)9-6-8(10)7-15-9/h6-7,11H,3-5,10H2,1-2H3. The lowest BCUT2D eigenvalue weighted by Gasteiger charge is -2.09. The molecule has 0 fully saturated rings. The van der Waals surface area contributed by atoms with E-state index in [0.717, 1.165) is 24.3 Å². The lowest BCUT2D eigenvalue weighted by Crippen LogP contribution is -2.26. The lowest BCUT2D eigenvalue weighted by molar-refractivity contribution is 0.400. The van der Waals surface area contributed by atoms with Crippen molar-refractivity contribution in [3.63, 3.8) is 0 Å². The van der Waals surface area contributed by atoms with Gasteiger partial charge in [-0.3, -0.25) is 0 Å². The zero-order valence-corrected chi connectivity index (χ0v) is 11.1. The Labute approximate surface area is 100 Å². The molecule has 0 bridgehead atoms. The Morgan fingerprint density at radius 3 is 2.69 bits per heavy atom. The molecule has 0 unspecified atom stereocenters. The van der Waals surface area contributed by atoms with Crippen molar-refractivity contribution in [2.45, 2.75) is 10.6 Å². The molecule has 0 aliphatic rings. The highest BCUT2D eigenvalue weighted by Crippen LogP contribution is 2.21. The minimum Gasteiger partial charge on any atom is -0.398 e. The second kappa shape index (κ2) is 5.62. The molecule has 0 saturated carbocycles. The molecule has 0 aromatic carbocycles. The second-order valence-corrected chi connectivity index (χ2v) is 6.66. The molecule has 0 aliphatic heterocycles. The second-order valence-electron chi connectivity index (χ2n) is 3.75. The molecule has 0 spiro atoms. The fourth-order valence-corrected chi connectivity index (χ4v) is 3.34. The van der Waals surface area contributed by atoms with Gasteiger partial charge in [-0.05, 0) is 33.1 Å². The highest BCUT2D eigenvalue weighted by molar-refractivity contribution is 7.91. The van der Waals surface area contributed by atoms with Crippen molar-refractivity contribution in [1.29, 1.82) is 0 Å². The van der Waals surface area contributed by atoms with Crippen LogP contribution in [-0.2, 0) is 10.0 Å². The summed E-state index contributed by atoms with van der Waals surface area (Å²) in [5, 5.41) is 1.62. The van der Waals surface area contributed by atoms with Crippen LogP contribution in [0.3, 0.4) is 0 Å². The summed E-state index contributed by atoms with van der Waals surface area (Å²) >= 11 is 1.13. The molecule has 0 amide bonds. The van der Waals surface area contributed by atoms with Gasteiger partial charge in [-0.15, -0.1) is 11.3 Å². The molecule has 1 rings (SSSR count). The third-order valence-electron chi connectivity index (χ3n) is 1.93. The van der Waals surface area contributed by atoms with Crippen LogP contribution in [-0.4, -0.2) is 40.5 Å². The minimum atomic E-state index is -3.37. The number of hydrogen-bond acceptors (Lipinski definition) is 5. The number of thiophene rings is 1. The molecule has 1 aromatic heterocycles. The molecular formula is C9H17N3O2S2. The van der Waals surface area contributed by atoms with Crippen LogP contribution in [0.25, 0.3) is 0 Å². The molecule has 3 N–H and O–H groups in total. The highest BCUT2D eigenvalue weighted by atomic mass is 32.2. The molecule has 0 radical (unpaired) electrons. The van der Waals surface area contributed by atoms with E-state index in [1.165, 1.54) is 6.07 Å². The molecule has 0 atom stereocenters. The number of nitrogens with one attached hydrogen (secondary N) is 1. The fourth-order valence-electron chi connectivity index (χ4n) is 1.14. The quantitative estimate of drug-likeness (QED) is 0.735. The molecule has 0 aliphatic carbocycles. The van der Waals surface area contributed by atoms with Crippen molar-refractivity contribution in [3.8, 4) is 0 Å². The van der Waals surface area contributed by atoms with Crippen molar-refractivity contribution in [2.75, 3.05) is 32.9 Å². The maximum absolute atomic E-state index is 11.7. The molecule has 5 nitrogen and oxygen atoms in total. The lowest BCUT2D eigenvalue weighted by atomic mass is 10.4. The Morgan fingerprint density at radius 1 is 1.50 bits per heavy atom. The normalized spacial score (nSPS) is 12.2. The summed E-state index contributed by atoms with van der Waals surface area (Å²) in [5.74, 6) is 0. The molecule has 0 saturated heterocycles. The molecule has 1 aromatic rings. The molecule has 1 heterocycles. The van der Waals surface area contributed by atoms with Crippen LogP contribution < -0.4 is 10.5 Å². The Bertz CT molecular complexity index is 426. The Hall–Kier alpha value is -0.630. The van der Waals surface area contributed by atoms with Crippen molar-refractivity contribution >= 4 is 27.0 Å². The summed E-state index contributed by atoms with van der Waals surface area (Å²) in [6.07, 6.45) is 0.785. The number of rotatable bonds is 6. The molecule has 92 valence electrons. The van der Waals surface area contributed by atoms with Crippen LogP contribution >= 0.6 is 11.3 Å². The third-order valence-corrected chi connectivity index (χ3v) is 4.85. The molecular weight excluding hydrogens is 246 g/mol. The zero-order valence-electron chi connectivity index (χ0n) is 9.43. The average molecular weight is 263 g/mol. The maximum atomic E-state index is 11.7. The Kier molecular flexibility index (Phi) is 4.72. The van der Waals surface area contributed by atoms with E-state index >= 15 is 0 Å². The number of nitrogens with two attached hydrogens (primary N) is 1. The van der Waals surface area contributed by atoms with Crippen molar-refractivity contribution in [2.24, 2.45) is 0 Å². The van der Waals surface area contributed by atoms with Gasteiger partial charge in [0.1, 0.15) is 4.21 Å². The summed E-state index contributed by atoms with van der Waals surface area (Å²) in [7, 11) is 0.538. The number of nitrogen functional groups attached to an aromatic ring is 1. The van der Waals surface area contributed by atoms with Gasteiger partial charge in [0.05, 0.1) is 0 Å². The van der Waals surface area contributed by atoms with E-state index in [2.05, 4.69) is 4.72 Å². The van der Waals surface area contributed by atoms with Gasteiger partial charge >= 0.3 is 0 Å². The predicted molar refractivity (Wildman–Crippen MR) is 67.1 cm³/mol. The first-order valence-electron chi connectivity index (χ1n) is 4.90. The smallest absolute Gasteiger partial charge is 0.250 e. The van der Waals surface area contributed by atoms with E-state index < -0.39 is 10.0 Å².